The van der Waals surface area contributed by atoms with Gasteiger partial charge in [0.2, 0.25) is 0 Å². The Labute approximate surface area is 109 Å². The van der Waals surface area contributed by atoms with Crippen molar-refractivity contribution in [3.8, 4) is 0 Å². The molecule has 1 aliphatic rings. The fourth-order valence-electron chi connectivity index (χ4n) is 2.49. The molecule has 0 radical (unpaired) electrons. The van der Waals surface area contributed by atoms with Crippen LogP contribution in [0.4, 0.5) is 0 Å². The van der Waals surface area contributed by atoms with Crippen LogP contribution in [-0.2, 0) is 13.1 Å². The number of rotatable bonds is 6. The highest BCUT2D eigenvalue weighted by Gasteiger charge is 2.12. The average molecular weight is 252 g/mol. The maximum atomic E-state index is 8.76. The van der Waals surface area contributed by atoms with Crippen molar-refractivity contribution in [3.05, 3.63) is 11.9 Å². The zero-order valence-electron chi connectivity index (χ0n) is 11.0. The molecule has 2 rings (SSSR count). The van der Waals surface area contributed by atoms with Gasteiger partial charge in [-0.25, -0.2) is 0 Å². The highest BCUT2D eigenvalue weighted by atomic mass is 16.3. The van der Waals surface area contributed by atoms with Crippen LogP contribution in [0.2, 0.25) is 0 Å². The normalized spacial score (nSPS) is 17.8. The summed E-state index contributed by atoms with van der Waals surface area (Å²) in [5.74, 6) is 0. The lowest BCUT2D eigenvalue weighted by Crippen LogP contribution is -2.28. The smallest absolute Gasteiger partial charge is 0.0964 e. The molecule has 0 saturated heterocycles. The highest BCUT2D eigenvalue weighted by molar-refractivity contribution is 4.92. The Morgan fingerprint density at radius 3 is 2.78 bits per heavy atom. The van der Waals surface area contributed by atoms with Gasteiger partial charge in [0.1, 0.15) is 0 Å². The maximum absolute atomic E-state index is 8.76. The molecule has 0 amide bonds. The Morgan fingerprint density at radius 2 is 2.06 bits per heavy atom. The molecule has 1 saturated carbocycles. The molecule has 1 aliphatic carbocycles. The first kappa shape index (κ1) is 13.5. The molecule has 1 aromatic rings. The number of hydrogen-bond donors (Lipinski definition) is 2. The van der Waals surface area contributed by atoms with Gasteiger partial charge in [-0.1, -0.05) is 30.9 Å². The van der Waals surface area contributed by atoms with E-state index in [1.807, 2.05) is 6.20 Å². The Bertz CT molecular complexity index is 331. The van der Waals surface area contributed by atoms with E-state index in [4.69, 9.17) is 5.11 Å². The number of aliphatic hydroxyl groups is 1. The quantitative estimate of drug-likeness (QED) is 0.753. The molecule has 1 fully saturated rings. The second-order valence-corrected chi connectivity index (χ2v) is 5.12. The SMILES string of the molecule is OCCCn1cc(CNC2CCCCCC2)nn1. The summed E-state index contributed by atoms with van der Waals surface area (Å²) in [7, 11) is 0. The molecule has 0 spiro atoms. The molecule has 5 nitrogen and oxygen atoms in total. The summed E-state index contributed by atoms with van der Waals surface area (Å²) in [6.07, 6.45) is 10.8. The van der Waals surface area contributed by atoms with Crippen LogP contribution in [0.5, 0.6) is 0 Å². The van der Waals surface area contributed by atoms with Crippen LogP contribution < -0.4 is 5.32 Å². The number of aryl methyl sites for hydroxylation is 1. The van der Waals surface area contributed by atoms with Crippen LogP contribution in [0.15, 0.2) is 6.20 Å². The molecule has 0 bridgehead atoms. The fourth-order valence-corrected chi connectivity index (χ4v) is 2.49. The highest BCUT2D eigenvalue weighted by Crippen LogP contribution is 2.17. The van der Waals surface area contributed by atoms with Gasteiger partial charge in [-0.15, -0.1) is 5.10 Å². The number of nitrogens with zero attached hydrogens (tertiary/aromatic N) is 3. The topological polar surface area (TPSA) is 63.0 Å². The number of aliphatic hydroxyl groups excluding tert-OH is 1. The van der Waals surface area contributed by atoms with Crippen molar-refractivity contribution in [2.24, 2.45) is 0 Å². The van der Waals surface area contributed by atoms with E-state index in [1.165, 1.54) is 38.5 Å². The van der Waals surface area contributed by atoms with Crippen molar-refractivity contribution in [1.82, 2.24) is 20.3 Å². The van der Waals surface area contributed by atoms with Gasteiger partial charge in [0.15, 0.2) is 0 Å². The number of nitrogens with one attached hydrogen (secondary N) is 1. The van der Waals surface area contributed by atoms with Gasteiger partial charge in [-0.3, -0.25) is 4.68 Å². The van der Waals surface area contributed by atoms with Crippen molar-refractivity contribution in [2.75, 3.05) is 6.61 Å². The van der Waals surface area contributed by atoms with Gasteiger partial charge in [0.25, 0.3) is 0 Å². The summed E-state index contributed by atoms with van der Waals surface area (Å²) in [6.45, 7) is 1.76. The van der Waals surface area contributed by atoms with Crippen LogP contribution >= 0.6 is 0 Å². The predicted octanol–water partition coefficient (Wildman–Crippen LogP) is 1.47. The van der Waals surface area contributed by atoms with Gasteiger partial charge >= 0.3 is 0 Å². The third kappa shape index (κ3) is 4.38. The van der Waals surface area contributed by atoms with E-state index >= 15 is 0 Å². The molecule has 1 heterocycles. The second kappa shape index (κ2) is 7.48. The van der Waals surface area contributed by atoms with Gasteiger partial charge in [0.05, 0.1) is 5.69 Å². The lowest BCUT2D eigenvalue weighted by atomic mass is 10.1. The lowest BCUT2D eigenvalue weighted by Gasteiger charge is -2.14. The molecule has 18 heavy (non-hydrogen) atoms. The van der Waals surface area contributed by atoms with Gasteiger partial charge < -0.3 is 10.4 Å². The van der Waals surface area contributed by atoms with Crippen molar-refractivity contribution >= 4 is 0 Å². The minimum atomic E-state index is 0.204. The molecule has 2 N–H and O–H groups in total. The van der Waals surface area contributed by atoms with Gasteiger partial charge in [0, 0.05) is 31.9 Å². The van der Waals surface area contributed by atoms with Crippen molar-refractivity contribution < 1.29 is 5.11 Å². The summed E-state index contributed by atoms with van der Waals surface area (Å²) in [6, 6.07) is 0.648. The summed E-state index contributed by atoms with van der Waals surface area (Å²) < 4.78 is 1.81. The molecular weight excluding hydrogens is 228 g/mol. The molecule has 1 aromatic heterocycles. The molecule has 0 atom stereocenters. The summed E-state index contributed by atoms with van der Waals surface area (Å²) >= 11 is 0. The van der Waals surface area contributed by atoms with Crippen LogP contribution in [0.3, 0.4) is 0 Å². The summed E-state index contributed by atoms with van der Waals surface area (Å²) in [5, 5.41) is 20.5. The molecule has 102 valence electrons. The minimum absolute atomic E-state index is 0.204. The van der Waals surface area contributed by atoms with Crippen molar-refractivity contribution in [1.29, 1.82) is 0 Å². The van der Waals surface area contributed by atoms with E-state index in [1.54, 1.807) is 4.68 Å². The van der Waals surface area contributed by atoms with Gasteiger partial charge in [-0.2, -0.15) is 0 Å². The van der Waals surface area contributed by atoms with E-state index in [0.29, 0.717) is 6.04 Å². The van der Waals surface area contributed by atoms with Crippen LogP contribution in [0, 0.1) is 0 Å². The van der Waals surface area contributed by atoms with E-state index in [2.05, 4.69) is 15.6 Å². The third-order valence-corrected chi connectivity index (χ3v) is 3.56. The number of aromatic nitrogens is 3. The first-order valence-corrected chi connectivity index (χ1v) is 7.12. The van der Waals surface area contributed by atoms with Crippen LogP contribution in [0.25, 0.3) is 0 Å². The Balaban J connectivity index is 1.73. The third-order valence-electron chi connectivity index (χ3n) is 3.56. The van der Waals surface area contributed by atoms with Gasteiger partial charge in [-0.05, 0) is 19.3 Å². The molecule has 0 aromatic carbocycles. The maximum Gasteiger partial charge on any atom is 0.0964 e. The average Bonchev–Trinajstić information content (AvgIpc) is 2.68. The van der Waals surface area contributed by atoms with Crippen LogP contribution in [-0.4, -0.2) is 32.7 Å². The van der Waals surface area contributed by atoms with E-state index in [9.17, 15) is 0 Å². The Hall–Kier alpha value is -0.940. The largest absolute Gasteiger partial charge is 0.396 e. The Kier molecular flexibility index (Phi) is 5.61. The molecule has 5 heteroatoms. The second-order valence-electron chi connectivity index (χ2n) is 5.12. The Morgan fingerprint density at radius 1 is 1.28 bits per heavy atom. The first-order chi connectivity index (χ1) is 8.88. The predicted molar refractivity (Wildman–Crippen MR) is 70.1 cm³/mol. The van der Waals surface area contributed by atoms with E-state index in [0.717, 1.165) is 25.2 Å². The first-order valence-electron chi connectivity index (χ1n) is 7.12. The monoisotopic (exact) mass is 252 g/mol. The zero-order valence-corrected chi connectivity index (χ0v) is 11.0. The van der Waals surface area contributed by atoms with E-state index in [-0.39, 0.29) is 6.61 Å². The standard InChI is InChI=1S/C13H24N4O/c18-9-5-8-17-11-13(15-16-17)10-14-12-6-3-1-2-4-7-12/h11-12,14,18H,1-10H2. The van der Waals surface area contributed by atoms with Crippen LogP contribution in [0.1, 0.15) is 50.6 Å². The molecular formula is C13H24N4O. The lowest BCUT2D eigenvalue weighted by molar-refractivity contribution is 0.276. The molecule has 0 unspecified atom stereocenters. The number of hydrogen-bond acceptors (Lipinski definition) is 4. The fraction of sp³-hybridized carbons (Fsp3) is 0.846. The van der Waals surface area contributed by atoms with E-state index < -0.39 is 0 Å². The summed E-state index contributed by atoms with van der Waals surface area (Å²) in [5.41, 5.74) is 0.997. The van der Waals surface area contributed by atoms with Crippen molar-refractivity contribution in [2.45, 2.75) is 64.1 Å². The molecule has 0 aliphatic heterocycles. The summed E-state index contributed by atoms with van der Waals surface area (Å²) in [4.78, 5) is 0. The minimum Gasteiger partial charge on any atom is -0.396 e. The zero-order chi connectivity index (χ0) is 12.6. The van der Waals surface area contributed by atoms with Crippen molar-refractivity contribution in [3.63, 3.8) is 0 Å².